The van der Waals surface area contributed by atoms with Gasteiger partial charge in [0, 0.05) is 25.7 Å². The van der Waals surface area contributed by atoms with Crippen LogP contribution in [0.4, 0.5) is 0 Å². The fraction of sp³-hybridized carbons (Fsp3) is 1.00. The number of rotatable bonds is 9. The van der Waals surface area contributed by atoms with Crippen LogP contribution in [0.2, 0.25) is 0 Å². The summed E-state index contributed by atoms with van der Waals surface area (Å²) in [6.07, 6.45) is 3.94. The minimum Gasteiger partial charge on any atom is -0.383 e. The van der Waals surface area contributed by atoms with Gasteiger partial charge in [0.1, 0.15) is 0 Å². The average Bonchev–Trinajstić information content (AvgIpc) is 2.44. The average molecular weight is 299 g/mol. The molecule has 1 fully saturated rings. The van der Waals surface area contributed by atoms with Crippen molar-refractivity contribution < 1.29 is 4.74 Å². The van der Waals surface area contributed by atoms with Crippen molar-refractivity contribution in [2.24, 2.45) is 17.8 Å². The van der Waals surface area contributed by atoms with Crippen LogP contribution in [0.3, 0.4) is 0 Å². The maximum atomic E-state index is 5.35. The van der Waals surface area contributed by atoms with Gasteiger partial charge in [-0.15, -0.1) is 0 Å². The van der Waals surface area contributed by atoms with Crippen LogP contribution < -0.4 is 5.32 Å². The van der Waals surface area contributed by atoms with Crippen LogP contribution >= 0.6 is 0 Å². The number of hydrogen-bond donors (Lipinski definition) is 1. The topological polar surface area (TPSA) is 24.5 Å². The molecule has 1 rings (SSSR count). The highest BCUT2D eigenvalue weighted by Gasteiger charge is 2.35. The Morgan fingerprint density at radius 2 is 1.95 bits per heavy atom. The predicted molar refractivity (Wildman–Crippen MR) is 91.7 cm³/mol. The van der Waals surface area contributed by atoms with E-state index in [1.165, 1.54) is 25.8 Å². The zero-order chi connectivity index (χ0) is 15.8. The lowest BCUT2D eigenvalue weighted by Gasteiger charge is -2.43. The van der Waals surface area contributed by atoms with Crippen molar-refractivity contribution in [1.82, 2.24) is 10.2 Å². The van der Waals surface area contributed by atoms with E-state index in [1.54, 1.807) is 7.11 Å². The van der Waals surface area contributed by atoms with Crippen molar-refractivity contribution in [3.8, 4) is 0 Å². The molecule has 3 nitrogen and oxygen atoms in total. The largest absolute Gasteiger partial charge is 0.383 e. The lowest BCUT2D eigenvalue weighted by Crippen LogP contribution is -2.51. The molecule has 126 valence electrons. The van der Waals surface area contributed by atoms with Gasteiger partial charge in [-0.05, 0) is 57.0 Å². The Morgan fingerprint density at radius 1 is 1.24 bits per heavy atom. The highest BCUT2D eigenvalue weighted by molar-refractivity contribution is 4.90. The van der Waals surface area contributed by atoms with Gasteiger partial charge in [0.25, 0.3) is 0 Å². The molecule has 1 aliphatic carbocycles. The smallest absolute Gasteiger partial charge is 0.0615 e. The quantitative estimate of drug-likeness (QED) is 0.706. The maximum absolute atomic E-state index is 5.35. The van der Waals surface area contributed by atoms with Gasteiger partial charge in [-0.3, -0.25) is 4.90 Å². The molecular formula is C18H38N2O. The summed E-state index contributed by atoms with van der Waals surface area (Å²) in [5.41, 5.74) is 0. The van der Waals surface area contributed by atoms with Crippen LogP contribution in [-0.2, 0) is 4.74 Å². The first-order chi connectivity index (χ1) is 10.0. The molecule has 0 amide bonds. The molecule has 0 bridgehead atoms. The molecule has 1 saturated carbocycles. The summed E-state index contributed by atoms with van der Waals surface area (Å²) in [6.45, 7) is 16.0. The van der Waals surface area contributed by atoms with E-state index in [0.717, 1.165) is 37.5 Å². The molecule has 1 aliphatic rings. The van der Waals surface area contributed by atoms with Crippen molar-refractivity contribution in [2.45, 2.75) is 66.0 Å². The van der Waals surface area contributed by atoms with E-state index in [0.29, 0.717) is 12.1 Å². The van der Waals surface area contributed by atoms with Gasteiger partial charge >= 0.3 is 0 Å². The Labute approximate surface area is 132 Å². The molecular weight excluding hydrogens is 260 g/mol. The van der Waals surface area contributed by atoms with E-state index in [4.69, 9.17) is 4.74 Å². The SMILES string of the molecule is CCCNC1CC(C)CC(C)C1CN(CC)C(C)COC. The highest BCUT2D eigenvalue weighted by Crippen LogP contribution is 2.34. The Morgan fingerprint density at radius 3 is 2.52 bits per heavy atom. The van der Waals surface area contributed by atoms with E-state index in [9.17, 15) is 0 Å². The molecule has 5 unspecified atom stereocenters. The van der Waals surface area contributed by atoms with Crippen molar-refractivity contribution in [3.05, 3.63) is 0 Å². The third-order valence-electron chi connectivity index (χ3n) is 5.22. The van der Waals surface area contributed by atoms with Gasteiger partial charge in [-0.1, -0.05) is 27.7 Å². The first kappa shape index (κ1) is 18.9. The van der Waals surface area contributed by atoms with Gasteiger partial charge in [-0.2, -0.15) is 0 Å². The van der Waals surface area contributed by atoms with Gasteiger partial charge < -0.3 is 10.1 Å². The third-order valence-corrected chi connectivity index (χ3v) is 5.22. The van der Waals surface area contributed by atoms with Gasteiger partial charge in [0.05, 0.1) is 6.61 Å². The predicted octanol–water partition coefficient (Wildman–Crippen LogP) is 3.39. The molecule has 0 spiro atoms. The summed E-state index contributed by atoms with van der Waals surface area (Å²) in [5.74, 6) is 2.44. The number of nitrogens with one attached hydrogen (secondary N) is 1. The zero-order valence-corrected chi connectivity index (χ0v) is 15.2. The molecule has 21 heavy (non-hydrogen) atoms. The number of methoxy groups -OCH3 is 1. The lowest BCUT2D eigenvalue weighted by atomic mass is 9.72. The second kappa shape index (κ2) is 9.81. The number of nitrogens with zero attached hydrogens (tertiary/aromatic N) is 1. The molecule has 5 atom stereocenters. The Bertz CT molecular complexity index is 272. The normalized spacial score (nSPS) is 31.6. The Kier molecular flexibility index (Phi) is 8.84. The van der Waals surface area contributed by atoms with Crippen molar-refractivity contribution in [1.29, 1.82) is 0 Å². The molecule has 0 aromatic carbocycles. The van der Waals surface area contributed by atoms with Gasteiger partial charge in [-0.25, -0.2) is 0 Å². The van der Waals surface area contributed by atoms with Crippen LogP contribution in [0.25, 0.3) is 0 Å². The van der Waals surface area contributed by atoms with E-state index in [1.807, 2.05) is 0 Å². The summed E-state index contributed by atoms with van der Waals surface area (Å²) in [6, 6.07) is 1.20. The fourth-order valence-electron chi connectivity index (χ4n) is 4.02. The Hall–Kier alpha value is -0.120. The summed E-state index contributed by atoms with van der Waals surface area (Å²) < 4.78 is 5.35. The number of likely N-dealkylation sites (N-methyl/N-ethyl adjacent to an activating group) is 1. The van der Waals surface area contributed by atoms with Crippen molar-refractivity contribution >= 4 is 0 Å². The Balaban J connectivity index is 2.68. The standard InChI is InChI=1S/C18H38N2O/c1-7-9-19-18-11-14(3)10-15(4)17(18)12-20(8-2)16(5)13-21-6/h14-19H,7-13H2,1-6H3. The molecule has 0 aromatic heterocycles. The summed E-state index contributed by atoms with van der Waals surface area (Å²) in [7, 11) is 1.81. The van der Waals surface area contributed by atoms with E-state index >= 15 is 0 Å². The van der Waals surface area contributed by atoms with Crippen molar-refractivity contribution in [3.63, 3.8) is 0 Å². The van der Waals surface area contributed by atoms with Crippen LogP contribution in [-0.4, -0.2) is 50.3 Å². The molecule has 0 heterocycles. The van der Waals surface area contributed by atoms with Crippen LogP contribution in [0, 0.1) is 17.8 Å². The maximum Gasteiger partial charge on any atom is 0.0615 e. The zero-order valence-electron chi connectivity index (χ0n) is 15.2. The second-order valence-electron chi connectivity index (χ2n) is 7.17. The molecule has 3 heteroatoms. The lowest BCUT2D eigenvalue weighted by molar-refractivity contribution is 0.0554. The van der Waals surface area contributed by atoms with E-state index < -0.39 is 0 Å². The number of ether oxygens (including phenoxy) is 1. The van der Waals surface area contributed by atoms with Gasteiger partial charge in [0.15, 0.2) is 0 Å². The first-order valence-electron chi connectivity index (χ1n) is 8.99. The van der Waals surface area contributed by atoms with E-state index in [2.05, 4.69) is 44.8 Å². The molecule has 0 saturated heterocycles. The molecule has 0 aliphatic heterocycles. The molecule has 0 aromatic rings. The van der Waals surface area contributed by atoms with Crippen LogP contribution in [0.5, 0.6) is 0 Å². The van der Waals surface area contributed by atoms with Crippen molar-refractivity contribution in [2.75, 3.05) is 33.4 Å². The summed E-state index contributed by atoms with van der Waals surface area (Å²) >= 11 is 0. The minimum absolute atomic E-state index is 0.512. The fourth-order valence-corrected chi connectivity index (χ4v) is 4.02. The molecule has 0 radical (unpaired) electrons. The highest BCUT2D eigenvalue weighted by atomic mass is 16.5. The first-order valence-corrected chi connectivity index (χ1v) is 8.99. The second-order valence-corrected chi connectivity index (χ2v) is 7.17. The summed E-state index contributed by atoms with van der Waals surface area (Å²) in [4.78, 5) is 2.60. The molecule has 1 N–H and O–H groups in total. The monoisotopic (exact) mass is 298 g/mol. The van der Waals surface area contributed by atoms with Crippen LogP contribution in [0.15, 0.2) is 0 Å². The number of hydrogen-bond acceptors (Lipinski definition) is 3. The van der Waals surface area contributed by atoms with Gasteiger partial charge in [0.2, 0.25) is 0 Å². The van der Waals surface area contributed by atoms with Crippen LogP contribution in [0.1, 0.15) is 53.9 Å². The van der Waals surface area contributed by atoms with E-state index in [-0.39, 0.29) is 0 Å². The third kappa shape index (κ3) is 5.88. The minimum atomic E-state index is 0.512. The summed E-state index contributed by atoms with van der Waals surface area (Å²) in [5, 5.41) is 3.82.